The number of rotatable bonds is 6. The van der Waals surface area contributed by atoms with Gasteiger partial charge in [-0.2, -0.15) is 5.10 Å². The van der Waals surface area contributed by atoms with E-state index in [1.54, 1.807) is 10.7 Å². The second-order valence-electron chi connectivity index (χ2n) is 7.53. The Balaban J connectivity index is 1.62. The molecule has 0 unspecified atom stereocenters. The van der Waals surface area contributed by atoms with E-state index in [1.165, 1.54) is 6.33 Å². The number of hydrogen-bond donors (Lipinski definition) is 3. The summed E-state index contributed by atoms with van der Waals surface area (Å²) >= 11 is 0. The number of carbonyl (C=O) groups excluding carboxylic acids is 1. The maximum Gasteiger partial charge on any atom is 0.224 e. The third-order valence-corrected chi connectivity index (χ3v) is 5.40. The summed E-state index contributed by atoms with van der Waals surface area (Å²) in [5.41, 5.74) is 9.15. The van der Waals surface area contributed by atoms with Crippen LogP contribution in [-0.4, -0.2) is 49.3 Å². The number of carbonyl (C=O) groups is 1. The molecule has 3 aromatic heterocycles. The molecule has 0 aliphatic heterocycles. The Morgan fingerprint density at radius 2 is 2.10 bits per heavy atom. The van der Waals surface area contributed by atoms with Crippen LogP contribution in [0, 0.1) is 0 Å². The highest BCUT2D eigenvalue weighted by Gasteiger charge is 2.22. The van der Waals surface area contributed by atoms with Crippen molar-refractivity contribution in [1.29, 1.82) is 0 Å². The van der Waals surface area contributed by atoms with Gasteiger partial charge in [0, 0.05) is 23.9 Å². The van der Waals surface area contributed by atoms with Gasteiger partial charge in [0.25, 0.3) is 0 Å². The van der Waals surface area contributed by atoms with Crippen molar-refractivity contribution in [2.75, 3.05) is 12.3 Å². The summed E-state index contributed by atoms with van der Waals surface area (Å²) in [7, 11) is 0. The van der Waals surface area contributed by atoms with E-state index in [9.17, 15) is 9.90 Å². The summed E-state index contributed by atoms with van der Waals surface area (Å²) < 4.78 is 7.21. The lowest BCUT2D eigenvalue weighted by Gasteiger charge is -2.26. The number of aromatic nitrogens is 4. The lowest BCUT2D eigenvalue weighted by molar-refractivity contribution is -0.121. The highest BCUT2D eigenvalue weighted by molar-refractivity contribution is 5.86. The van der Waals surface area contributed by atoms with Crippen molar-refractivity contribution in [3.8, 4) is 17.1 Å². The fourth-order valence-corrected chi connectivity index (χ4v) is 3.95. The van der Waals surface area contributed by atoms with Gasteiger partial charge in [0.2, 0.25) is 11.8 Å². The Hall–Kier alpha value is -3.20. The van der Waals surface area contributed by atoms with E-state index in [1.807, 2.05) is 25.1 Å². The van der Waals surface area contributed by atoms with Crippen LogP contribution in [0.3, 0.4) is 0 Å². The molecule has 0 atom stereocenters. The highest BCUT2D eigenvalue weighted by Crippen LogP contribution is 2.29. The summed E-state index contributed by atoms with van der Waals surface area (Å²) in [5.74, 6) is 0.758. The molecule has 0 bridgehead atoms. The van der Waals surface area contributed by atoms with Crippen LogP contribution in [0.25, 0.3) is 16.8 Å². The smallest absolute Gasteiger partial charge is 0.224 e. The van der Waals surface area contributed by atoms with Crippen molar-refractivity contribution in [3.05, 3.63) is 36.3 Å². The maximum atomic E-state index is 12.7. The van der Waals surface area contributed by atoms with Gasteiger partial charge >= 0.3 is 0 Å². The molecule has 158 valence electrons. The van der Waals surface area contributed by atoms with Crippen LogP contribution in [0.2, 0.25) is 0 Å². The maximum absolute atomic E-state index is 12.7. The summed E-state index contributed by atoms with van der Waals surface area (Å²) in [5, 5.41) is 17.1. The van der Waals surface area contributed by atoms with Crippen molar-refractivity contribution in [2.24, 2.45) is 0 Å². The van der Waals surface area contributed by atoms with Crippen LogP contribution in [0.15, 0.2) is 30.7 Å². The molecule has 1 saturated carbocycles. The van der Waals surface area contributed by atoms with Crippen LogP contribution in [0.5, 0.6) is 5.88 Å². The van der Waals surface area contributed by atoms with E-state index in [4.69, 9.17) is 10.5 Å². The normalized spacial score (nSPS) is 19.0. The van der Waals surface area contributed by atoms with Crippen molar-refractivity contribution < 1.29 is 14.6 Å². The summed E-state index contributed by atoms with van der Waals surface area (Å²) in [4.78, 5) is 21.0. The topological polar surface area (TPSA) is 128 Å². The number of ether oxygens (including phenoxy) is 1. The van der Waals surface area contributed by atoms with E-state index in [2.05, 4.69) is 20.4 Å². The van der Waals surface area contributed by atoms with Gasteiger partial charge in [0.05, 0.1) is 24.8 Å². The highest BCUT2D eigenvalue weighted by atomic mass is 16.5. The first-order chi connectivity index (χ1) is 14.5. The Morgan fingerprint density at radius 1 is 1.30 bits per heavy atom. The SMILES string of the molecule is CCOc1cc(-c2cc(CC(=O)NC3CCC(O)CC3)c3c(N)ncnn23)ccn1. The van der Waals surface area contributed by atoms with E-state index < -0.39 is 0 Å². The number of hydrogen-bond acceptors (Lipinski definition) is 7. The average Bonchev–Trinajstić information content (AvgIpc) is 3.10. The number of nitrogen functional groups attached to an aromatic ring is 1. The molecule has 1 aliphatic carbocycles. The van der Waals surface area contributed by atoms with E-state index in [0.717, 1.165) is 42.5 Å². The molecular weight excluding hydrogens is 384 g/mol. The van der Waals surface area contributed by atoms with E-state index >= 15 is 0 Å². The predicted molar refractivity (Wildman–Crippen MR) is 112 cm³/mol. The first kappa shape index (κ1) is 20.1. The number of amides is 1. The molecule has 4 rings (SSSR count). The van der Waals surface area contributed by atoms with Gasteiger partial charge in [-0.25, -0.2) is 14.5 Å². The summed E-state index contributed by atoms with van der Waals surface area (Å²) in [6.45, 7) is 2.42. The van der Waals surface area contributed by atoms with Gasteiger partial charge in [0.15, 0.2) is 5.82 Å². The number of aliphatic hydroxyl groups is 1. The Labute approximate surface area is 174 Å². The molecule has 1 fully saturated rings. The predicted octanol–water partition coefficient (Wildman–Crippen LogP) is 1.73. The van der Waals surface area contributed by atoms with Crippen molar-refractivity contribution in [1.82, 2.24) is 24.9 Å². The second-order valence-corrected chi connectivity index (χ2v) is 7.53. The molecule has 1 amide bonds. The summed E-state index contributed by atoms with van der Waals surface area (Å²) in [6.07, 6.45) is 6.00. The number of pyridine rings is 1. The molecule has 0 saturated heterocycles. The monoisotopic (exact) mass is 410 g/mol. The van der Waals surface area contributed by atoms with Crippen molar-refractivity contribution in [3.63, 3.8) is 0 Å². The van der Waals surface area contributed by atoms with Gasteiger partial charge in [-0.05, 0) is 50.3 Å². The molecule has 3 aromatic rings. The van der Waals surface area contributed by atoms with Crippen LogP contribution in [0.1, 0.15) is 38.2 Å². The van der Waals surface area contributed by atoms with Gasteiger partial charge < -0.3 is 20.9 Å². The lowest BCUT2D eigenvalue weighted by atomic mass is 9.93. The van der Waals surface area contributed by atoms with Crippen LogP contribution in [0.4, 0.5) is 5.82 Å². The van der Waals surface area contributed by atoms with E-state index in [0.29, 0.717) is 23.8 Å². The molecule has 0 radical (unpaired) electrons. The minimum atomic E-state index is -0.255. The standard InChI is InChI=1S/C21H26N6O3/c1-2-30-19-11-13(7-8-23-19)17-9-14(20-21(22)24-12-25-27(17)20)10-18(29)26-15-3-5-16(28)6-4-15/h7-9,11-12,15-16,28H,2-6,10H2,1H3,(H,26,29)(H2,22,24,25). The third-order valence-electron chi connectivity index (χ3n) is 5.40. The number of aliphatic hydroxyl groups excluding tert-OH is 1. The fourth-order valence-electron chi connectivity index (χ4n) is 3.95. The molecule has 4 N–H and O–H groups in total. The molecule has 0 spiro atoms. The molecule has 3 heterocycles. The second kappa shape index (κ2) is 8.66. The number of nitrogens with two attached hydrogens (primary N) is 1. The molecule has 30 heavy (non-hydrogen) atoms. The molecule has 9 nitrogen and oxygen atoms in total. The molecule has 1 aliphatic rings. The molecule has 0 aromatic carbocycles. The zero-order valence-corrected chi connectivity index (χ0v) is 16.9. The first-order valence-corrected chi connectivity index (χ1v) is 10.2. The number of anilines is 1. The first-order valence-electron chi connectivity index (χ1n) is 10.2. The Kier molecular flexibility index (Phi) is 5.80. The average molecular weight is 410 g/mol. The number of fused-ring (bicyclic) bond motifs is 1. The Bertz CT molecular complexity index is 1040. The zero-order chi connectivity index (χ0) is 21.1. The zero-order valence-electron chi connectivity index (χ0n) is 16.9. The van der Waals surface area contributed by atoms with Gasteiger partial charge in [-0.1, -0.05) is 0 Å². The van der Waals surface area contributed by atoms with Crippen LogP contribution < -0.4 is 15.8 Å². The van der Waals surface area contributed by atoms with Crippen molar-refractivity contribution in [2.45, 2.75) is 51.2 Å². The van der Waals surface area contributed by atoms with Crippen LogP contribution in [-0.2, 0) is 11.2 Å². The quantitative estimate of drug-likeness (QED) is 0.565. The number of nitrogens with zero attached hydrogens (tertiary/aromatic N) is 4. The lowest BCUT2D eigenvalue weighted by Crippen LogP contribution is -2.39. The van der Waals surface area contributed by atoms with Gasteiger partial charge in [0.1, 0.15) is 11.8 Å². The van der Waals surface area contributed by atoms with Gasteiger partial charge in [-0.15, -0.1) is 0 Å². The third kappa shape index (κ3) is 4.20. The fraction of sp³-hybridized carbons (Fsp3) is 0.429. The summed E-state index contributed by atoms with van der Waals surface area (Å²) in [6, 6.07) is 5.70. The van der Waals surface area contributed by atoms with E-state index in [-0.39, 0.29) is 24.5 Å². The Morgan fingerprint density at radius 3 is 2.87 bits per heavy atom. The van der Waals surface area contributed by atoms with Gasteiger partial charge in [-0.3, -0.25) is 4.79 Å². The van der Waals surface area contributed by atoms with Crippen LogP contribution >= 0.6 is 0 Å². The molecule has 9 heteroatoms. The number of nitrogens with one attached hydrogen (secondary N) is 1. The largest absolute Gasteiger partial charge is 0.478 e. The molecular formula is C21H26N6O3. The minimum absolute atomic E-state index is 0.0802. The van der Waals surface area contributed by atoms with Crippen molar-refractivity contribution >= 4 is 17.2 Å². The minimum Gasteiger partial charge on any atom is -0.478 e.